The van der Waals surface area contributed by atoms with E-state index < -0.39 is 0 Å². The van der Waals surface area contributed by atoms with Gasteiger partial charge in [0.1, 0.15) is 0 Å². The van der Waals surface area contributed by atoms with Crippen LogP contribution in [0, 0.1) is 6.92 Å². The SMILES string of the molecule is Cc1cnc(SCc2cccnc2)nc1[C@@H]1CCCN(C(=O)CCc2cccs2)C1. The Bertz CT molecular complexity index is 963. The molecule has 0 N–H and O–H groups in total. The van der Waals surface area contributed by atoms with Crippen LogP contribution in [0.15, 0.2) is 53.4 Å². The molecule has 30 heavy (non-hydrogen) atoms. The van der Waals surface area contributed by atoms with Crippen molar-refractivity contribution in [3.05, 3.63) is 69.9 Å². The van der Waals surface area contributed by atoms with Gasteiger partial charge in [-0.25, -0.2) is 9.97 Å². The van der Waals surface area contributed by atoms with Gasteiger partial charge in [-0.05, 0) is 54.8 Å². The summed E-state index contributed by atoms with van der Waals surface area (Å²) in [5.41, 5.74) is 3.36. The third-order valence-electron chi connectivity index (χ3n) is 5.41. The van der Waals surface area contributed by atoms with Gasteiger partial charge in [0, 0.05) is 54.6 Å². The van der Waals surface area contributed by atoms with Crippen LogP contribution in [0.1, 0.15) is 46.9 Å². The second-order valence-electron chi connectivity index (χ2n) is 7.63. The molecule has 0 saturated carbocycles. The Morgan fingerprint density at radius 1 is 1.30 bits per heavy atom. The van der Waals surface area contributed by atoms with Crippen LogP contribution in [0.25, 0.3) is 0 Å². The lowest BCUT2D eigenvalue weighted by Gasteiger charge is -2.33. The summed E-state index contributed by atoms with van der Waals surface area (Å²) in [6, 6.07) is 8.16. The molecule has 1 saturated heterocycles. The van der Waals surface area contributed by atoms with Crippen LogP contribution < -0.4 is 0 Å². The summed E-state index contributed by atoms with van der Waals surface area (Å²) in [5.74, 6) is 1.34. The monoisotopic (exact) mass is 438 g/mol. The first-order valence-corrected chi connectivity index (χ1v) is 12.2. The van der Waals surface area contributed by atoms with Crippen molar-refractivity contribution < 1.29 is 4.79 Å². The molecule has 1 aliphatic heterocycles. The number of aryl methyl sites for hydroxylation is 2. The molecule has 0 radical (unpaired) electrons. The Kier molecular flexibility index (Phi) is 7.12. The molecular weight excluding hydrogens is 412 g/mol. The molecule has 0 unspecified atom stereocenters. The minimum Gasteiger partial charge on any atom is -0.342 e. The van der Waals surface area contributed by atoms with E-state index in [-0.39, 0.29) is 11.8 Å². The third-order valence-corrected chi connectivity index (χ3v) is 7.27. The molecule has 0 spiro atoms. The number of aromatic nitrogens is 3. The van der Waals surface area contributed by atoms with Gasteiger partial charge in [0.25, 0.3) is 0 Å². The number of amides is 1. The minimum absolute atomic E-state index is 0.256. The van der Waals surface area contributed by atoms with Crippen molar-refractivity contribution in [2.24, 2.45) is 0 Å². The Labute approximate surface area is 186 Å². The number of nitrogens with zero attached hydrogens (tertiary/aromatic N) is 4. The van der Waals surface area contributed by atoms with Gasteiger partial charge in [-0.2, -0.15) is 0 Å². The van der Waals surface area contributed by atoms with Crippen LogP contribution in [-0.4, -0.2) is 38.8 Å². The maximum absolute atomic E-state index is 12.8. The minimum atomic E-state index is 0.256. The van der Waals surface area contributed by atoms with E-state index in [9.17, 15) is 4.79 Å². The highest BCUT2D eigenvalue weighted by Crippen LogP contribution is 2.30. The first-order chi connectivity index (χ1) is 14.7. The van der Waals surface area contributed by atoms with Crippen LogP contribution in [0.2, 0.25) is 0 Å². The summed E-state index contributed by atoms with van der Waals surface area (Å²) in [4.78, 5) is 29.6. The molecule has 3 aromatic rings. The van der Waals surface area contributed by atoms with Crippen LogP contribution in [0.3, 0.4) is 0 Å². The molecule has 156 valence electrons. The molecule has 5 nitrogen and oxygen atoms in total. The molecule has 0 aliphatic carbocycles. The van der Waals surface area contributed by atoms with E-state index in [4.69, 9.17) is 4.98 Å². The van der Waals surface area contributed by atoms with E-state index in [1.165, 1.54) is 4.88 Å². The number of carbonyl (C=O) groups excluding carboxylic acids is 1. The van der Waals surface area contributed by atoms with Crippen molar-refractivity contribution in [1.82, 2.24) is 19.9 Å². The van der Waals surface area contributed by atoms with Gasteiger partial charge in [-0.1, -0.05) is 23.9 Å². The number of rotatable bonds is 7. The smallest absolute Gasteiger partial charge is 0.222 e. The first kappa shape index (κ1) is 21.0. The van der Waals surface area contributed by atoms with Crippen molar-refractivity contribution in [3.8, 4) is 0 Å². The molecule has 1 fully saturated rings. The Morgan fingerprint density at radius 2 is 2.23 bits per heavy atom. The van der Waals surface area contributed by atoms with E-state index in [1.807, 2.05) is 29.4 Å². The number of piperidine rings is 1. The van der Waals surface area contributed by atoms with Gasteiger partial charge in [0.15, 0.2) is 5.16 Å². The summed E-state index contributed by atoms with van der Waals surface area (Å²) in [5, 5.41) is 2.86. The van der Waals surface area contributed by atoms with E-state index in [0.29, 0.717) is 6.42 Å². The van der Waals surface area contributed by atoms with Crippen molar-refractivity contribution in [1.29, 1.82) is 0 Å². The number of pyridine rings is 1. The molecular formula is C23H26N4OS2. The van der Waals surface area contributed by atoms with Gasteiger partial charge >= 0.3 is 0 Å². The summed E-state index contributed by atoms with van der Waals surface area (Å²) in [6.45, 7) is 3.68. The Morgan fingerprint density at radius 3 is 3.03 bits per heavy atom. The normalized spacial score (nSPS) is 16.6. The maximum Gasteiger partial charge on any atom is 0.222 e. The standard InChI is InChI=1S/C23H26N4OS2/c1-17-13-25-23(30-16-18-5-2-10-24-14-18)26-22(17)19-6-3-11-27(15-19)21(28)9-8-20-7-4-12-29-20/h2,4-5,7,10,12-14,19H,3,6,8-9,11,15-16H2,1H3/t19-/m1/s1. The van der Waals surface area contributed by atoms with Crippen LogP contribution in [0.4, 0.5) is 0 Å². The number of hydrogen-bond acceptors (Lipinski definition) is 6. The van der Waals surface area contributed by atoms with Crippen LogP contribution >= 0.6 is 23.1 Å². The number of thiophene rings is 1. The highest BCUT2D eigenvalue weighted by atomic mass is 32.2. The number of hydrogen-bond donors (Lipinski definition) is 0. The molecule has 1 amide bonds. The fourth-order valence-corrected chi connectivity index (χ4v) is 5.29. The topological polar surface area (TPSA) is 59.0 Å². The van der Waals surface area contributed by atoms with Crippen LogP contribution in [0.5, 0.6) is 0 Å². The zero-order valence-corrected chi connectivity index (χ0v) is 18.8. The second-order valence-corrected chi connectivity index (χ2v) is 9.60. The third kappa shape index (κ3) is 5.46. The van der Waals surface area contributed by atoms with Gasteiger partial charge in [-0.15, -0.1) is 11.3 Å². The molecule has 3 aromatic heterocycles. The predicted octanol–water partition coefficient (Wildman–Crippen LogP) is 4.87. The summed E-state index contributed by atoms with van der Waals surface area (Å²) in [7, 11) is 0. The average Bonchev–Trinajstić information content (AvgIpc) is 3.31. The maximum atomic E-state index is 12.8. The lowest BCUT2D eigenvalue weighted by atomic mass is 9.92. The zero-order valence-electron chi connectivity index (χ0n) is 17.2. The molecule has 4 heterocycles. The van der Waals surface area contributed by atoms with E-state index >= 15 is 0 Å². The van der Waals surface area contributed by atoms with E-state index in [1.54, 1.807) is 29.3 Å². The number of likely N-dealkylation sites (tertiary alicyclic amines) is 1. The summed E-state index contributed by atoms with van der Waals surface area (Å²) < 4.78 is 0. The van der Waals surface area contributed by atoms with Crippen molar-refractivity contribution in [2.75, 3.05) is 13.1 Å². The first-order valence-electron chi connectivity index (χ1n) is 10.3. The summed E-state index contributed by atoms with van der Waals surface area (Å²) in [6.07, 6.45) is 9.09. The highest BCUT2D eigenvalue weighted by Gasteiger charge is 2.27. The fraction of sp³-hybridized carbons (Fsp3) is 0.391. The molecule has 4 rings (SSSR count). The average molecular weight is 439 g/mol. The van der Waals surface area contributed by atoms with Crippen molar-refractivity contribution >= 4 is 29.0 Å². The quantitative estimate of drug-likeness (QED) is 0.389. The molecule has 7 heteroatoms. The fourth-order valence-electron chi connectivity index (χ4n) is 3.82. The van der Waals surface area contributed by atoms with Gasteiger partial charge in [-0.3, -0.25) is 9.78 Å². The second kappa shape index (κ2) is 10.2. The Balaban J connectivity index is 1.39. The molecule has 1 aliphatic rings. The number of thioether (sulfide) groups is 1. The van der Waals surface area contributed by atoms with Crippen molar-refractivity contribution in [2.45, 2.75) is 49.4 Å². The lowest BCUT2D eigenvalue weighted by Crippen LogP contribution is -2.39. The molecule has 1 atom stereocenters. The highest BCUT2D eigenvalue weighted by molar-refractivity contribution is 7.98. The summed E-state index contributed by atoms with van der Waals surface area (Å²) >= 11 is 3.35. The molecule has 0 bridgehead atoms. The van der Waals surface area contributed by atoms with Gasteiger partial charge in [0.2, 0.25) is 5.91 Å². The predicted molar refractivity (Wildman–Crippen MR) is 122 cm³/mol. The van der Waals surface area contributed by atoms with E-state index in [0.717, 1.165) is 60.1 Å². The molecule has 0 aromatic carbocycles. The van der Waals surface area contributed by atoms with E-state index in [2.05, 4.69) is 34.4 Å². The van der Waals surface area contributed by atoms with Gasteiger partial charge < -0.3 is 4.90 Å². The van der Waals surface area contributed by atoms with Crippen LogP contribution in [-0.2, 0) is 17.0 Å². The largest absolute Gasteiger partial charge is 0.342 e. The number of carbonyl (C=O) groups is 1. The van der Waals surface area contributed by atoms with Crippen molar-refractivity contribution in [3.63, 3.8) is 0 Å². The van der Waals surface area contributed by atoms with Gasteiger partial charge in [0.05, 0.1) is 5.69 Å². The Hall–Kier alpha value is -2.25. The zero-order chi connectivity index (χ0) is 20.8. The lowest BCUT2D eigenvalue weighted by molar-refractivity contribution is -0.132.